The van der Waals surface area contributed by atoms with Crippen LogP contribution in [0.4, 0.5) is 5.69 Å². The van der Waals surface area contributed by atoms with E-state index in [0.29, 0.717) is 12.2 Å². The first-order valence-corrected chi connectivity index (χ1v) is 7.80. The fourth-order valence-electron chi connectivity index (χ4n) is 1.94. The van der Waals surface area contributed by atoms with Crippen molar-refractivity contribution in [3.63, 3.8) is 0 Å². The first-order valence-electron chi connectivity index (χ1n) is 6.31. The van der Waals surface area contributed by atoms with E-state index < -0.39 is 10.0 Å². The van der Waals surface area contributed by atoms with Crippen LogP contribution in [-0.2, 0) is 23.0 Å². The van der Waals surface area contributed by atoms with Crippen LogP contribution in [-0.4, -0.2) is 13.4 Å². The molecule has 0 aliphatic rings. The molecule has 0 spiro atoms. The molecule has 0 atom stereocenters. The number of nitrogens with one attached hydrogen (secondary N) is 1. The summed E-state index contributed by atoms with van der Waals surface area (Å²) in [5.41, 5.74) is 8.06. The Labute approximate surface area is 118 Å². The van der Waals surface area contributed by atoms with Crippen LogP contribution in [0.2, 0.25) is 0 Å². The van der Waals surface area contributed by atoms with Gasteiger partial charge in [0.05, 0.1) is 10.6 Å². The second-order valence-electron chi connectivity index (χ2n) is 4.33. The molecule has 2 rings (SSSR count). The zero-order valence-electron chi connectivity index (χ0n) is 11.2. The number of pyridine rings is 1. The van der Waals surface area contributed by atoms with Gasteiger partial charge in [0.25, 0.3) is 10.0 Å². The normalized spacial score (nSPS) is 11.3. The number of aryl methyl sites for hydroxylation is 1. The van der Waals surface area contributed by atoms with Gasteiger partial charge in [0.2, 0.25) is 0 Å². The van der Waals surface area contributed by atoms with Crippen LogP contribution in [0.1, 0.15) is 18.1 Å². The van der Waals surface area contributed by atoms with Gasteiger partial charge in [0.1, 0.15) is 0 Å². The van der Waals surface area contributed by atoms with Gasteiger partial charge in [-0.3, -0.25) is 9.71 Å². The highest BCUT2D eigenvalue weighted by molar-refractivity contribution is 7.92. The first kappa shape index (κ1) is 14.5. The van der Waals surface area contributed by atoms with Gasteiger partial charge < -0.3 is 5.73 Å². The minimum atomic E-state index is -3.60. The lowest BCUT2D eigenvalue weighted by atomic mass is 10.1. The van der Waals surface area contributed by atoms with E-state index in [2.05, 4.69) is 9.71 Å². The molecule has 0 fully saturated rings. The monoisotopic (exact) mass is 291 g/mol. The summed E-state index contributed by atoms with van der Waals surface area (Å²) in [6.07, 6.45) is 3.89. The standard InChI is InChI=1S/C14H17N3O2S/c1-2-11-3-4-14(9-12(11)10-15)20(18,19)17-13-5-7-16-8-6-13/h3-9H,2,10,15H2,1H3,(H,16,17). The summed E-state index contributed by atoms with van der Waals surface area (Å²) in [7, 11) is -3.60. The third kappa shape index (κ3) is 3.15. The van der Waals surface area contributed by atoms with E-state index in [4.69, 9.17) is 5.73 Å². The molecule has 5 nitrogen and oxygen atoms in total. The molecule has 0 saturated carbocycles. The van der Waals surface area contributed by atoms with E-state index in [1.165, 1.54) is 12.4 Å². The molecule has 2 aromatic rings. The molecule has 1 aromatic heterocycles. The van der Waals surface area contributed by atoms with E-state index in [1.54, 1.807) is 24.3 Å². The van der Waals surface area contributed by atoms with Crippen molar-refractivity contribution in [2.24, 2.45) is 5.73 Å². The summed E-state index contributed by atoms with van der Waals surface area (Å²) < 4.78 is 27.1. The maximum absolute atomic E-state index is 12.3. The van der Waals surface area contributed by atoms with Crippen LogP contribution in [0.15, 0.2) is 47.6 Å². The SMILES string of the molecule is CCc1ccc(S(=O)(=O)Nc2ccncc2)cc1CN. The molecular formula is C14H17N3O2S. The Morgan fingerprint density at radius 2 is 1.85 bits per heavy atom. The predicted octanol–water partition coefficient (Wildman–Crippen LogP) is 1.90. The van der Waals surface area contributed by atoms with Gasteiger partial charge in [-0.05, 0) is 41.8 Å². The molecule has 106 valence electrons. The molecule has 20 heavy (non-hydrogen) atoms. The summed E-state index contributed by atoms with van der Waals surface area (Å²) in [5, 5.41) is 0. The molecular weight excluding hydrogens is 274 g/mol. The van der Waals surface area contributed by atoms with Crippen molar-refractivity contribution in [3.05, 3.63) is 53.9 Å². The van der Waals surface area contributed by atoms with E-state index in [1.807, 2.05) is 13.0 Å². The van der Waals surface area contributed by atoms with Gasteiger partial charge in [0.15, 0.2) is 0 Å². The molecule has 3 N–H and O–H groups in total. The molecule has 0 aliphatic carbocycles. The summed E-state index contributed by atoms with van der Waals surface area (Å²) in [5.74, 6) is 0. The van der Waals surface area contributed by atoms with Gasteiger partial charge in [-0.2, -0.15) is 0 Å². The fraction of sp³-hybridized carbons (Fsp3) is 0.214. The van der Waals surface area contributed by atoms with E-state index >= 15 is 0 Å². The third-order valence-electron chi connectivity index (χ3n) is 3.02. The van der Waals surface area contributed by atoms with Gasteiger partial charge >= 0.3 is 0 Å². The summed E-state index contributed by atoms with van der Waals surface area (Å²) in [6.45, 7) is 2.33. The molecule has 0 saturated heterocycles. The molecule has 0 aliphatic heterocycles. The van der Waals surface area contributed by atoms with Gasteiger partial charge in [0, 0.05) is 18.9 Å². The number of aromatic nitrogens is 1. The van der Waals surface area contributed by atoms with Crippen molar-refractivity contribution in [1.29, 1.82) is 0 Å². The lowest BCUT2D eigenvalue weighted by Gasteiger charge is -2.11. The van der Waals surface area contributed by atoms with Crippen molar-refractivity contribution in [2.45, 2.75) is 24.8 Å². The van der Waals surface area contributed by atoms with Gasteiger partial charge in [-0.1, -0.05) is 13.0 Å². The van der Waals surface area contributed by atoms with Crippen molar-refractivity contribution in [1.82, 2.24) is 4.98 Å². The topological polar surface area (TPSA) is 85.1 Å². The Morgan fingerprint density at radius 1 is 1.15 bits per heavy atom. The van der Waals surface area contributed by atoms with Crippen LogP contribution in [0, 0.1) is 0 Å². The van der Waals surface area contributed by atoms with Crippen LogP contribution >= 0.6 is 0 Å². The zero-order chi connectivity index (χ0) is 14.6. The molecule has 1 aromatic carbocycles. The average molecular weight is 291 g/mol. The number of benzene rings is 1. The lowest BCUT2D eigenvalue weighted by molar-refractivity contribution is 0.601. The highest BCUT2D eigenvalue weighted by Crippen LogP contribution is 2.19. The second kappa shape index (κ2) is 6.02. The number of nitrogens with two attached hydrogens (primary N) is 1. The highest BCUT2D eigenvalue weighted by Gasteiger charge is 2.15. The van der Waals surface area contributed by atoms with Crippen molar-refractivity contribution >= 4 is 15.7 Å². The predicted molar refractivity (Wildman–Crippen MR) is 78.8 cm³/mol. The van der Waals surface area contributed by atoms with Crippen LogP contribution in [0.3, 0.4) is 0 Å². The smallest absolute Gasteiger partial charge is 0.261 e. The van der Waals surface area contributed by atoms with Gasteiger partial charge in [-0.15, -0.1) is 0 Å². The van der Waals surface area contributed by atoms with Crippen molar-refractivity contribution in [2.75, 3.05) is 4.72 Å². The Kier molecular flexibility index (Phi) is 4.36. The fourth-order valence-corrected chi connectivity index (χ4v) is 3.05. The minimum absolute atomic E-state index is 0.215. The summed E-state index contributed by atoms with van der Waals surface area (Å²) in [6, 6.07) is 8.23. The minimum Gasteiger partial charge on any atom is -0.326 e. The number of anilines is 1. The molecule has 0 radical (unpaired) electrons. The lowest BCUT2D eigenvalue weighted by Crippen LogP contribution is -2.14. The van der Waals surface area contributed by atoms with Crippen LogP contribution in [0.5, 0.6) is 0 Å². The molecule has 6 heteroatoms. The summed E-state index contributed by atoms with van der Waals surface area (Å²) in [4.78, 5) is 4.06. The number of rotatable bonds is 5. The Bertz CT molecular complexity index is 685. The first-order chi connectivity index (χ1) is 9.56. The number of nitrogens with zero attached hydrogens (tertiary/aromatic N) is 1. The van der Waals surface area contributed by atoms with Crippen LogP contribution in [0.25, 0.3) is 0 Å². The Hall–Kier alpha value is -1.92. The quantitative estimate of drug-likeness (QED) is 0.881. The summed E-state index contributed by atoms with van der Waals surface area (Å²) >= 11 is 0. The third-order valence-corrected chi connectivity index (χ3v) is 4.40. The van der Waals surface area contributed by atoms with Crippen LogP contribution < -0.4 is 10.5 Å². The molecule has 1 heterocycles. The average Bonchev–Trinajstić information content (AvgIpc) is 2.47. The largest absolute Gasteiger partial charge is 0.326 e. The number of hydrogen-bond donors (Lipinski definition) is 2. The zero-order valence-corrected chi connectivity index (χ0v) is 12.0. The van der Waals surface area contributed by atoms with Crippen molar-refractivity contribution in [3.8, 4) is 0 Å². The number of sulfonamides is 1. The molecule has 0 bridgehead atoms. The Balaban J connectivity index is 2.35. The maximum atomic E-state index is 12.3. The maximum Gasteiger partial charge on any atom is 0.261 e. The van der Waals surface area contributed by atoms with E-state index in [9.17, 15) is 8.42 Å². The molecule has 0 unspecified atom stereocenters. The van der Waals surface area contributed by atoms with E-state index in [0.717, 1.165) is 17.5 Å². The Morgan fingerprint density at radius 3 is 2.45 bits per heavy atom. The molecule has 0 amide bonds. The van der Waals surface area contributed by atoms with Gasteiger partial charge in [-0.25, -0.2) is 8.42 Å². The number of hydrogen-bond acceptors (Lipinski definition) is 4. The highest BCUT2D eigenvalue weighted by atomic mass is 32.2. The van der Waals surface area contributed by atoms with Crippen molar-refractivity contribution < 1.29 is 8.42 Å². The van der Waals surface area contributed by atoms with E-state index in [-0.39, 0.29) is 4.90 Å². The second-order valence-corrected chi connectivity index (χ2v) is 6.01.